The second-order valence-corrected chi connectivity index (χ2v) is 11.4. The Morgan fingerprint density at radius 3 is 2.54 bits per heavy atom. The zero-order valence-corrected chi connectivity index (χ0v) is 24.6. The normalized spacial score (nSPS) is 18.1. The van der Waals surface area contributed by atoms with Crippen molar-refractivity contribution in [2.45, 2.75) is 38.0 Å². The number of aromatic nitrogens is 2. The van der Waals surface area contributed by atoms with Crippen LogP contribution in [0, 0.1) is 17.8 Å². The number of imide groups is 2. The monoisotopic (exact) mass is 652 g/mol. The van der Waals surface area contributed by atoms with Gasteiger partial charge in [-0.3, -0.25) is 38.9 Å². The molecule has 1 unspecified atom stereocenters. The highest BCUT2D eigenvalue weighted by Crippen LogP contribution is 2.34. The molecule has 0 aliphatic carbocycles. The van der Waals surface area contributed by atoms with Crippen molar-refractivity contribution < 1.29 is 37.1 Å². The van der Waals surface area contributed by atoms with E-state index in [4.69, 9.17) is 11.6 Å². The molecule has 3 aliphatic heterocycles. The topological polar surface area (TPSA) is 134 Å². The Kier molecular flexibility index (Phi) is 8.03. The van der Waals surface area contributed by atoms with Crippen LogP contribution in [0.2, 0.25) is 5.02 Å². The lowest BCUT2D eigenvalue weighted by atomic mass is 9.98. The van der Waals surface area contributed by atoms with Crippen LogP contribution >= 0.6 is 11.6 Å². The van der Waals surface area contributed by atoms with E-state index in [9.17, 15) is 37.1 Å². The van der Waals surface area contributed by atoms with Crippen molar-refractivity contribution >= 4 is 52.5 Å². The Morgan fingerprint density at radius 1 is 1.07 bits per heavy atom. The van der Waals surface area contributed by atoms with Crippen LogP contribution in [0.4, 0.5) is 24.5 Å². The average molecular weight is 653 g/mol. The number of hydrogen-bond donors (Lipinski definition) is 2. The van der Waals surface area contributed by atoms with E-state index in [1.807, 2.05) is 4.90 Å². The minimum absolute atomic E-state index is 0.00362. The van der Waals surface area contributed by atoms with Gasteiger partial charge in [-0.25, -0.2) is 0 Å². The smallest absolute Gasteiger partial charge is 0.369 e. The summed E-state index contributed by atoms with van der Waals surface area (Å²) in [5.74, 6) is 3.61. The molecule has 2 N–H and O–H groups in total. The Morgan fingerprint density at radius 2 is 1.83 bits per heavy atom. The summed E-state index contributed by atoms with van der Waals surface area (Å²) in [6.07, 6.45) is -1.16. The quantitative estimate of drug-likeness (QED) is 0.308. The molecule has 11 nitrogen and oxygen atoms in total. The van der Waals surface area contributed by atoms with E-state index < -0.39 is 47.3 Å². The summed E-state index contributed by atoms with van der Waals surface area (Å²) in [6.45, 7) is 1.39. The largest absolute Gasteiger partial charge is 0.416 e. The van der Waals surface area contributed by atoms with E-state index in [1.165, 1.54) is 4.68 Å². The van der Waals surface area contributed by atoms with Crippen molar-refractivity contribution in [3.63, 3.8) is 0 Å². The van der Waals surface area contributed by atoms with E-state index in [-0.39, 0.29) is 53.6 Å². The second kappa shape index (κ2) is 12.0. The maximum Gasteiger partial charge on any atom is 0.416 e. The molecule has 0 radical (unpaired) electrons. The minimum atomic E-state index is -4.54. The Labute approximate surface area is 264 Å². The Bertz CT molecular complexity index is 1860. The van der Waals surface area contributed by atoms with Crippen LogP contribution in [0.3, 0.4) is 0 Å². The van der Waals surface area contributed by atoms with E-state index in [2.05, 4.69) is 27.6 Å². The molecule has 0 saturated carbocycles. The highest BCUT2D eigenvalue weighted by molar-refractivity contribution is 6.33. The molecule has 0 bridgehead atoms. The summed E-state index contributed by atoms with van der Waals surface area (Å²) in [5.41, 5.74) is 0.980. The summed E-state index contributed by atoms with van der Waals surface area (Å²) < 4.78 is 40.0. The van der Waals surface area contributed by atoms with E-state index in [1.54, 1.807) is 30.6 Å². The van der Waals surface area contributed by atoms with E-state index in [0.717, 1.165) is 28.8 Å². The van der Waals surface area contributed by atoms with Crippen LogP contribution in [0.1, 0.15) is 51.1 Å². The average Bonchev–Trinajstić information content (AvgIpc) is 3.53. The Hall–Kier alpha value is -5.16. The van der Waals surface area contributed by atoms with Crippen molar-refractivity contribution in [1.29, 1.82) is 0 Å². The molecule has 5 amide bonds. The minimum Gasteiger partial charge on any atom is -0.369 e. The van der Waals surface area contributed by atoms with Crippen LogP contribution in [0.5, 0.6) is 0 Å². The number of carbonyl (C=O) groups is 5. The molecule has 3 aliphatic rings. The zero-order chi connectivity index (χ0) is 32.7. The predicted octanol–water partition coefficient (Wildman–Crippen LogP) is 3.47. The van der Waals surface area contributed by atoms with Gasteiger partial charge in [-0.05, 0) is 42.8 Å². The van der Waals surface area contributed by atoms with E-state index >= 15 is 0 Å². The molecular formula is C31H24ClF3N6O5. The molecule has 2 fully saturated rings. The summed E-state index contributed by atoms with van der Waals surface area (Å²) in [6, 6.07) is 6.63. The lowest BCUT2D eigenvalue weighted by Crippen LogP contribution is -2.54. The number of nitrogens with zero attached hydrogens (tertiary/aromatic N) is 4. The standard InChI is InChI=1S/C31H24ClF3N6O5/c32-23-11-19(31(33,34)35)3-6-24(23)37-27(43)9-10-40-16-17(13-36-40)1-2-18-14-39(15-18)20-4-5-21-22(12-20)30(46)41(29(21)45)25-7-8-26(42)38-28(25)44/h3-6,11-13,16,18,25H,7-10,14-15H2,(H,37,43)(H,38,42,44). The van der Waals surface area contributed by atoms with Gasteiger partial charge in [0, 0.05) is 44.4 Å². The van der Waals surface area contributed by atoms with Crippen molar-refractivity contribution in [3.05, 3.63) is 76.1 Å². The number of fused-ring (bicyclic) bond motifs is 1. The van der Waals surface area contributed by atoms with Gasteiger partial charge in [0.2, 0.25) is 17.7 Å². The van der Waals surface area contributed by atoms with Crippen LogP contribution in [-0.2, 0) is 27.1 Å². The molecule has 0 spiro atoms. The summed E-state index contributed by atoms with van der Waals surface area (Å²) in [7, 11) is 0. The number of carbonyl (C=O) groups excluding carboxylic acids is 5. The third kappa shape index (κ3) is 6.18. The predicted molar refractivity (Wildman–Crippen MR) is 158 cm³/mol. The number of hydrogen-bond acceptors (Lipinski definition) is 7. The number of halogens is 4. The van der Waals surface area contributed by atoms with Crippen molar-refractivity contribution in [3.8, 4) is 11.8 Å². The lowest BCUT2D eigenvalue weighted by molar-refractivity contribution is -0.138. The van der Waals surface area contributed by atoms with Gasteiger partial charge in [-0.2, -0.15) is 18.3 Å². The van der Waals surface area contributed by atoms with Gasteiger partial charge in [0.15, 0.2) is 0 Å². The fourth-order valence-corrected chi connectivity index (χ4v) is 5.62. The number of rotatable bonds is 6. The third-order valence-electron chi connectivity index (χ3n) is 7.86. The van der Waals surface area contributed by atoms with Gasteiger partial charge in [-0.15, -0.1) is 0 Å². The molecule has 15 heteroatoms. The number of benzene rings is 2. The number of aryl methyl sites for hydroxylation is 1. The van der Waals surface area contributed by atoms with Gasteiger partial charge < -0.3 is 10.2 Å². The first-order chi connectivity index (χ1) is 21.9. The number of anilines is 2. The zero-order valence-electron chi connectivity index (χ0n) is 23.9. The first-order valence-electron chi connectivity index (χ1n) is 14.2. The maximum atomic E-state index is 13.1. The second-order valence-electron chi connectivity index (χ2n) is 11.0. The molecule has 46 heavy (non-hydrogen) atoms. The Balaban J connectivity index is 0.996. The molecule has 3 aromatic rings. The van der Waals surface area contributed by atoms with Gasteiger partial charge >= 0.3 is 6.18 Å². The molecule has 1 aromatic heterocycles. The summed E-state index contributed by atoms with van der Waals surface area (Å²) in [5, 5.41) is 8.66. The van der Waals surface area contributed by atoms with Crippen LogP contribution < -0.4 is 15.5 Å². The fraction of sp³-hybridized carbons (Fsp3) is 0.290. The first-order valence-corrected chi connectivity index (χ1v) is 14.6. The highest BCUT2D eigenvalue weighted by atomic mass is 35.5. The van der Waals surface area contributed by atoms with Crippen LogP contribution in [0.25, 0.3) is 0 Å². The van der Waals surface area contributed by atoms with Gasteiger partial charge in [-0.1, -0.05) is 23.4 Å². The molecule has 1 atom stereocenters. The highest BCUT2D eigenvalue weighted by Gasteiger charge is 2.45. The molecule has 2 aromatic carbocycles. The SMILES string of the molecule is O=C1CCC(N2C(=O)c3ccc(N4CC(C#Cc5cnn(CCC(=O)Nc6ccc(C(F)(F)F)cc6Cl)c5)C4)cc3C2=O)C(=O)N1. The fourth-order valence-electron chi connectivity index (χ4n) is 5.39. The molecule has 4 heterocycles. The molecule has 236 valence electrons. The van der Waals surface area contributed by atoms with Crippen LogP contribution in [-0.4, -0.2) is 63.3 Å². The number of piperidine rings is 1. The van der Waals surface area contributed by atoms with Crippen molar-refractivity contribution in [2.75, 3.05) is 23.3 Å². The third-order valence-corrected chi connectivity index (χ3v) is 8.18. The summed E-state index contributed by atoms with van der Waals surface area (Å²) in [4.78, 5) is 65.0. The molecule has 6 rings (SSSR count). The van der Waals surface area contributed by atoms with Gasteiger partial charge in [0.25, 0.3) is 11.8 Å². The van der Waals surface area contributed by atoms with Crippen LogP contribution in [0.15, 0.2) is 48.8 Å². The first kappa shape index (κ1) is 30.8. The molecule has 2 saturated heterocycles. The number of amides is 5. The molecular weight excluding hydrogens is 629 g/mol. The number of nitrogens with one attached hydrogen (secondary N) is 2. The number of alkyl halides is 3. The van der Waals surface area contributed by atoms with Gasteiger partial charge in [0.05, 0.1) is 45.1 Å². The lowest BCUT2D eigenvalue weighted by Gasteiger charge is -2.38. The van der Waals surface area contributed by atoms with Gasteiger partial charge in [0.1, 0.15) is 6.04 Å². The van der Waals surface area contributed by atoms with E-state index in [0.29, 0.717) is 18.7 Å². The van der Waals surface area contributed by atoms with Crippen molar-refractivity contribution in [1.82, 2.24) is 20.0 Å². The van der Waals surface area contributed by atoms with Crippen molar-refractivity contribution in [2.24, 2.45) is 5.92 Å². The maximum absolute atomic E-state index is 13.1. The summed E-state index contributed by atoms with van der Waals surface area (Å²) >= 11 is 5.90.